The largest absolute Gasteiger partial charge is 0.481 e. The second-order valence-corrected chi connectivity index (χ2v) is 7.04. The molecule has 0 aliphatic heterocycles. The second kappa shape index (κ2) is 7.99. The molecule has 0 unspecified atom stereocenters. The second-order valence-electron chi connectivity index (χ2n) is 4.91. The molecule has 0 aliphatic rings. The van der Waals surface area contributed by atoms with Crippen molar-refractivity contribution in [1.82, 2.24) is 4.31 Å². The molecule has 0 aliphatic carbocycles. The van der Waals surface area contributed by atoms with Gasteiger partial charge >= 0.3 is 5.97 Å². The minimum atomic E-state index is -3.47. The predicted molar refractivity (Wildman–Crippen MR) is 81.9 cm³/mol. The first-order chi connectivity index (χ1) is 9.85. The maximum Gasteiger partial charge on any atom is 0.303 e. The van der Waals surface area contributed by atoms with Crippen LogP contribution in [-0.2, 0) is 14.8 Å². The Morgan fingerprint density at radius 2 is 1.86 bits per heavy atom. The molecule has 0 saturated heterocycles. The molecule has 0 fully saturated rings. The number of aliphatic carboxylic acids is 1. The van der Waals surface area contributed by atoms with E-state index in [0.29, 0.717) is 18.7 Å². The molecule has 21 heavy (non-hydrogen) atoms. The minimum absolute atomic E-state index is 0.172. The number of carbonyl (C=O) groups is 1. The van der Waals surface area contributed by atoms with Gasteiger partial charge in [-0.05, 0) is 25.0 Å². The molecule has 0 amide bonds. The number of carboxylic acid groups (broad SMARTS) is 1. The SMILES string of the molecule is CN(C)S(=O)(=O)c1ccccc1NCCCCCC(=O)O. The van der Waals surface area contributed by atoms with Gasteiger partial charge < -0.3 is 10.4 Å². The number of sulfonamides is 1. The highest BCUT2D eigenvalue weighted by Gasteiger charge is 2.20. The van der Waals surface area contributed by atoms with E-state index in [0.717, 1.165) is 12.8 Å². The summed E-state index contributed by atoms with van der Waals surface area (Å²) in [5.41, 5.74) is 0.574. The van der Waals surface area contributed by atoms with Crippen LogP contribution >= 0.6 is 0 Å². The fourth-order valence-electron chi connectivity index (χ4n) is 1.84. The van der Waals surface area contributed by atoms with Crippen LogP contribution in [0, 0.1) is 0 Å². The maximum absolute atomic E-state index is 12.2. The Hall–Kier alpha value is -1.60. The first kappa shape index (κ1) is 17.5. The van der Waals surface area contributed by atoms with Crippen molar-refractivity contribution in [2.75, 3.05) is 26.0 Å². The molecule has 0 atom stereocenters. The van der Waals surface area contributed by atoms with Gasteiger partial charge in [-0.3, -0.25) is 4.79 Å². The average Bonchev–Trinajstić information content (AvgIpc) is 2.42. The number of nitrogens with one attached hydrogen (secondary N) is 1. The van der Waals surface area contributed by atoms with Crippen molar-refractivity contribution in [2.24, 2.45) is 0 Å². The monoisotopic (exact) mass is 314 g/mol. The molecule has 6 nitrogen and oxygen atoms in total. The highest BCUT2D eigenvalue weighted by Crippen LogP contribution is 2.23. The van der Waals surface area contributed by atoms with E-state index in [1.807, 2.05) is 0 Å². The summed E-state index contributed by atoms with van der Waals surface area (Å²) in [6, 6.07) is 6.77. The topological polar surface area (TPSA) is 86.7 Å². The number of rotatable bonds is 9. The molecule has 1 aromatic carbocycles. The summed E-state index contributed by atoms with van der Waals surface area (Å²) in [7, 11) is -0.477. The van der Waals surface area contributed by atoms with E-state index in [-0.39, 0.29) is 11.3 Å². The zero-order valence-corrected chi connectivity index (χ0v) is 13.2. The summed E-state index contributed by atoms with van der Waals surface area (Å²) >= 11 is 0. The quantitative estimate of drug-likeness (QED) is 0.681. The maximum atomic E-state index is 12.2. The van der Waals surface area contributed by atoms with Crippen molar-refractivity contribution in [2.45, 2.75) is 30.6 Å². The molecule has 0 aromatic heterocycles. The average molecular weight is 314 g/mol. The minimum Gasteiger partial charge on any atom is -0.481 e. The number of anilines is 1. The fraction of sp³-hybridized carbons (Fsp3) is 0.500. The van der Waals surface area contributed by atoms with Crippen molar-refractivity contribution in [3.63, 3.8) is 0 Å². The lowest BCUT2D eigenvalue weighted by molar-refractivity contribution is -0.137. The first-order valence-corrected chi connectivity index (χ1v) is 8.27. The first-order valence-electron chi connectivity index (χ1n) is 6.83. The summed E-state index contributed by atoms with van der Waals surface area (Å²) in [6.07, 6.45) is 2.39. The number of unbranched alkanes of at least 4 members (excludes halogenated alkanes) is 2. The van der Waals surface area contributed by atoms with Gasteiger partial charge in [0.25, 0.3) is 0 Å². The van der Waals surface area contributed by atoms with Gasteiger partial charge in [-0.1, -0.05) is 18.6 Å². The van der Waals surface area contributed by atoms with E-state index in [2.05, 4.69) is 5.32 Å². The molecule has 1 rings (SSSR count). The predicted octanol–water partition coefficient (Wildman–Crippen LogP) is 1.99. The fourth-order valence-corrected chi connectivity index (χ4v) is 2.90. The molecule has 0 saturated carbocycles. The van der Waals surface area contributed by atoms with E-state index in [4.69, 9.17) is 5.11 Å². The Labute approximate surface area is 125 Å². The van der Waals surface area contributed by atoms with Crippen molar-refractivity contribution < 1.29 is 18.3 Å². The third-order valence-corrected chi connectivity index (χ3v) is 4.90. The van der Waals surface area contributed by atoms with Gasteiger partial charge in [0.05, 0.1) is 5.69 Å². The Kier molecular flexibility index (Phi) is 6.64. The van der Waals surface area contributed by atoms with Crippen LogP contribution in [0.4, 0.5) is 5.69 Å². The van der Waals surface area contributed by atoms with E-state index in [9.17, 15) is 13.2 Å². The van der Waals surface area contributed by atoms with Crippen LogP contribution in [0.15, 0.2) is 29.2 Å². The van der Waals surface area contributed by atoms with Crippen LogP contribution in [0.2, 0.25) is 0 Å². The van der Waals surface area contributed by atoms with Crippen LogP contribution in [0.25, 0.3) is 0 Å². The van der Waals surface area contributed by atoms with Crippen LogP contribution in [0.5, 0.6) is 0 Å². The highest BCUT2D eigenvalue weighted by atomic mass is 32.2. The standard InChI is InChI=1S/C14H22N2O4S/c1-16(2)21(19,20)13-9-6-5-8-12(13)15-11-7-3-4-10-14(17)18/h5-6,8-9,15H,3-4,7,10-11H2,1-2H3,(H,17,18). The van der Waals surface area contributed by atoms with Crippen LogP contribution in [-0.4, -0.2) is 44.4 Å². The number of hydrogen-bond donors (Lipinski definition) is 2. The van der Waals surface area contributed by atoms with Crippen molar-refractivity contribution in [3.05, 3.63) is 24.3 Å². The lowest BCUT2D eigenvalue weighted by Crippen LogP contribution is -2.23. The number of benzene rings is 1. The van der Waals surface area contributed by atoms with Gasteiger partial charge in [-0.15, -0.1) is 0 Å². The lowest BCUT2D eigenvalue weighted by atomic mass is 10.2. The van der Waals surface area contributed by atoms with Gasteiger partial charge in [-0.2, -0.15) is 0 Å². The molecule has 7 heteroatoms. The molecule has 0 radical (unpaired) electrons. The van der Waals surface area contributed by atoms with Gasteiger partial charge in [0, 0.05) is 27.1 Å². The van der Waals surface area contributed by atoms with Gasteiger partial charge in [-0.25, -0.2) is 12.7 Å². The zero-order chi connectivity index (χ0) is 15.9. The normalized spacial score (nSPS) is 11.6. The molecule has 118 valence electrons. The Morgan fingerprint density at radius 1 is 1.19 bits per heavy atom. The highest BCUT2D eigenvalue weighted by molar-refractivity contribution is 7.89. The van der Waals surface area contributed by atoms with Crippen LogP contribution in [0.3, 0.4) is 0 Å². The molecule has 2 N–H and O–H groups in total. The number of para-hydroxylation sites is 1. The van der Waals surface area contributed by atoms with Crippen LogP contribution < -0.4 is 5.32 Å². The number of carboxylic acids is 1. The van der Waals surface area contributed by atoms with E-state index >= 15 is 0 Å². The number of nitrogens with zero attached hydrogens (tertiary/aromatic N) is 1. The summed E-state index contributed by atoms with van der Waals surface area (Å²) in [4.78, 5) is 10.6. The van der Waals surface area contributed by atoms with Crippen molar-refractivity contribution >= 4 is 21.7 Å². The molecule has 1 aromatic rings. The third kappa shape index (κ3) is 5.35. The van der Waals surface area contributed by atoms with Crippen LogP contribution in [0.1, 0.15) is 25.7 Å². The van der Waals surface area contributed by atoms with Gasteiger partial charge in [0.15, 0.2) is 0 Å². The summed E-state index contributed by atoms with van der Waals surface area (Å²) < 4.78 is 25.5. The summed E-state index contributed by atoms with van der Waals surface area (Å²) in [5.74, 6) is -0.787. The zero-order valence-electron chi connectivity index (χ0n) is 12.4. The third-order valence-electron chi connectivity index (χ3n) is 3.03. The molecular weight excluding hydrogens is 292 g/mol. The number of hydrogen-bond acceptors (Lipinski definition) is 4. The molecule has 0 bridgehead atoms. The van der Waals surface area contributed by atoms with E-state index in [1.54, 1.807) is 24.3 Å². The van der Waals surface area contributed by atoms with E-state index in [1.165, 1.54) is 18.4 Å². The van der Waals surface area contributed by atoms with Gasteiger partial charge in [0.1, 0.15) is 4.90 Å². The van der Waals surface area contributed by atoms with Crippen molar-refractivity contribution in [1.29, 1.82) is 0 Å². The smallest absolute Gasteiger partial charge is 0.303 e. The molecule has 0 heterocycles. The molecule has 0 spiro atoms. The lowest BCUT2D eigenvalue weighted by Gasteiger charge is -2.16. The Bertz CT molecular complexity index is 570. The van der Waals surface area contributed by atoms with Gasteiger partial charge in [0.2, 0.25) is 10.0 Å². The molecular formula is C14H22N2O4S. The van der Waals surface area contributed by atoms with E-state index < -0.39 is 16.0 Å². The Morgan fingerprint density at radius 3 is 2.48 bits per heavy atom. The summed E-state index contributed by atoms with van der Waals surface area (Å²) in [5, 5.41) is 11.6. The Balaban J connectivity index is 2.59. The summed E-state index contributed by atoms with van der Waals surface area (Å²) in [6.45, 7) is 0.611. The van der Waals surface area contributed by atoms with Crippen molar-refractivity contribution in [3.8, 4) is 0 Å².